The van der Waals surface area contributed by atoms with Crippen molar-refractivity contribution in [2.75, 3.05) is 5.32 Å². The molecule has 138 valence electrons. The van der Waals surface area contributed by atoms with Gasteiger partial charge in [-0.2, -0.15) is 0 Å². The highest BCUT2D eigenvalue weighted by Gasteiger charge is 2.09. The molecule has 0 unspecified atom stereocenters. The largest absolute Gasteiger partial charge is 0.330 e. The Hall–Kier alpha value is -2.97. The average Bonchev–Trinajstić information content (AvgIpc) is 3.10. The molecule has 0 radical (unpaired) electrons. The Bertz CT molecular complexity index is 1160. The van der Waals surface area contributed by atoms with Crippen LogP contribution in [0.25, 0.3) is 17.3 Å². The molecule has 27 heavy (non-hydrogen) atoms. The summed E-state index contributed by atoms with van der Waals surface area (Å²) in [5.41, 5.74) is 0.761. The van der Waals surface area contributed by atoms with E-state index in [0.29, 0.717) is 15.8 Å². The van der Waals surface area contributed by atoms with Gasteiger partial charge in [0.25, 0.3) is 5.56 Å². The zero-order valence-corrected chi connectivity index (χ0v) is 16.0. The van der Waals surface area contributed by atoms with Gasteiger partial charge in [-0.15, -0.1) is 11.3 Å². The second kappa shape index (κ2) is 7.73. The lowest BCUT2D eigenvalue weighted by Gasteiger charge is -2.03. The number of hydrogen-bond donors (Lipinski definition) is 1. The monoisotopic (exact) mass is 402 g/mol. The molecule has 2 aromatic heterocycles. The van der Waals surface area contributed by atoms with E-state index in [-0.39, 0.29) is 5.56 Å². The number of carbonyl (C=O) groups excluding carboxylic acids is 1. The second-order valence-electron chi connectivity index (χ2n) is 5.68. The van der Waals surface area contributed by atoms with Crippen molar-refractivity contribution in [1.82, 2.24) is 14.1 Å². The predicted molar refractivity (Wildman–Crippen MR) is 107 cm³/mol. The lowest BCUT2D eigenvalue weighted by atomic mass is 10.2. The first-order chi connectivity index (χ1) is 12.9. The second-order valence-corrected chi connectivity index (χ2v) is 6.95. The van der Waals surface area contributed by atoms with Gasteiger partial charge in [0.2, 0.25) is 5.91 Å². The average molecular weight is 403 g/mol. The standard InChI is InChI=1S/C18H15ClN4O3S/c1-22-9-11(16(25)23(2)18(22)26)7-8-15(24)21-17-20-14(10-27-17)12-5-3-4-6-13(12)19/h3-10H,1-2H3,(H,20,21,24)/b8-7+. The summed E-state index contributed by atoms with van der Waals surface area (Å²) in [6, 6.07) is 7.30. The Morgan fingerprint density at radius 1 is 1.26 bits per heavy atom. The maximum Gasteiger partial charge on any atom is 0.330 e. The Balaban J connectivity index is 1.76. The molecule has 0 aliphatic carbocycles. The van der Waals surface area contributed by atoms with Crippen LogP contribution in [-0.4, -0.2) is 20.0 Å². The van der Waals surface area contributed by atoms with Crippen LogP contribution in [0.15, 0.2) is 51.5 Å². The molecule has 9 heteroatoms. The molecule has 0 saturated heterocycles. The summed E-state index contributed by atoms with van der Waals surface area (Å²) in [5.74, 6) is -0.439. The zero-order chi connectivity index (χ0) is 19.6. The molecule has 0 aliphatic heterocycles. The van der Waals surface area contributed by atoms with Crippen molar-refractivity contribution < 1.29 is 4.79 Å². The van der Waals surface area contributed by atoms with Gasteiger partial charge in [0, 0.05) is 42.3 Å². The number of carbonyl (C=O) groups is 1. The number of hydrogen-bond acceptors (Lipinski definition) is 5. The third-order valence-electron chi connectivity index (χ3n) is 3.77. The van der Waals surface area contributed by atoms with Gasteiger partial charge in [0.15, 0.2) is 5.13 Å². The highest BCUT2D eigenvalue weighted by molar-refractivity contribution is 7.14. The van der Waals surface area contributed by atoms with Gasteiger partial charge >= 0.3 is 5.69 Å². The van der Waals surface area contributed by atoms with Crippen LogP contribution in [0.5, 0.6) is 0 Å². The summed E-state index contributed by atoms with van der Waals surface area (Å²) in [7, 11) is 2.92. The Morgan fingerprint density at radius 2 is 2.00 bits per heavy atom. The van der Waals surface area contributed by atoms with Gasteiger partial charge in [0.05, 0.1) is 11.3 Å². The molecule has 3 aromatic rings. The van der Waals surface area contributed by atoms with Gasteiger partial charge in [-0.1, -0.05) is 29.8 Å². The number of aromatic nitrogens is 3. The van der Waals surface area contributed by atoms with Crippen molar-refractivity contribution >= 4 is 40.1 Å². The van der Waals surface area contributed by atoms with Crippen LogP contribution in [0.1, 0.15) is 5.56 Å². The molecule has 1 amide bonds. The molecule has 7 nitrogen and oxygen atoms in total. The van der Waals surface area contributed by atoms with Crippen molar-refractivity contribution in [2.45, 2.75) is 0 Å². The molecule has 2 heterocycles. The first kappa shape index (κ1) is 18.8. The fourth-order valence-electron chi connectivity index (χ4n) is 2.39. The van der Waals surface area contributed by atoms with E-state index < -0.39 is 17.2 Å². The lowest BCUT2D eigenvalue weighted by molar-refractivity contribution is -0.111. The smallest absolute Gasteiger partial charge is 0.303 e. The molecular weight excluding hydrogens is 388 g/mol. The number of anilines is 1. The van der Waals surface area contributed by atoms with Crippen molar-refractivity contribution in [3.63, 3.8) is 0 Å². The molecule has 1 aromatic carbocycles. The van der Waals surface area contributed by atoms with E-state index in [2.05, 4.69) is 10.3 Å². The van der Waals surface area contributed by atoms with E-state index in [1.807, 2.05) is 18.2 Å². The fourth-order valence-corrected chi connectivity index (χ4v) is 3.33. The number of halogens is 1. The van der Waals surface area contributed by atoms with Crippen LogP contribution in [-0.2, 0) is 18.9 Å². The molecule has 0 saturated carbocycles. The van der Waals surface area contributed by atoms with E-state index >= 15 is 0 Å². The van der Waals surface area contributed by atoms with Crippen molar-refractivity contribution in [2.24, 2.45) is 14.1 Å². The van der Waals surface area contributed by atoms with Crippen molar-refractivity contribution in [3.05, 3.63) is 73.3 Å². The van der Waals surface area contributed by atoms with Gasteiger partial charge in [0.1, 0.15) is 0 Å². The number of aryl methyl sites for hydroxylation is 1. The topological polar surface area (TPSA) is 86.0 Å². The minimum Gasteiger partial charge on any atom is -0.303 e. The minimum absolute atomic E-state index is 0.227. The Kier molecular flexibility index (Phi) is 5.38. The molecule has 0 spiro atoms. The van der Waals surface area contributed by atoms with E-state index in [4.69, 9.17) is 11.6 Å². The number of thiazole rings is 1. The predicted octanol–water partition coefficient (Wildman–Crippen LogP) is 2.51. The number of rotatable bonds is 4. The number of nitrogens with one attached hydrogen (secondary N) is 1. The first-order valence-electron chi connectivity index (χ1n) is 7.83. The summed E-state index contributed by atoms with van der Waals surface area (Å²) in [6.07, 6.45) is 3.96. The summed E-state index contributed by atoms with van der Waals surface area (Å²) >= 11 is 7.42. The van der Waals surface area contributed by atoms with Gasteiger partial charge in [-0.25, -0.2) is 9.78 Å². The lowest BCUT2D eigenvalue weighted by Crippen LogP contribution is -2.37. The van der Waals surface area contributed by atoms with Crippen LogP contribution in [0.4, 0.5) is 5.13 Å². The van der Waals surface area contributed by atoms with Crippen molar-refractivity contribution in [1.29, 1.82) is 0 Å². The zero-order valence-electron chi connectivity index (χ0n) is 14.5. The molecule has 3 rings (SSSR count). The number of amides is 1. The van der Waals surface area contributed by atoms with Crippen LogP contribution in [0.3, 0.4) is 0 Å². The van der Waals surface area contributed by atoms with Crippen molar-refractivity contribution in [3.8, 4) is 11.3 Å². The molecule has 0 atom stereocenters. The molecular formula is C18H15ClN4O3S. The van der Waals surface area contributed by atoms with E-state index in [9.17, 15) is 14.4 Å². The van der Waals surface area contributed by atoms with Crippen LogP contribution < -0.4 is 16.6 Å². The summed E-state index contributed by atoms with van der Waals surface area (Å²) in [6.45, 7) is 0. The van der Waals surface area contributed by atoms with Crippen LogP contribution in [0, 0.1) is 0 Å². The summed E-state index contributed by atoms with van der Waals surface area (Å²) in [5, 5.41) is 5.42. The number of nitrogens with zero attached hydrogens (tertiary/aromatic N) is 3. The minimum atomic E-state index is -0.475. The van der Waals surface area contributed by atoms with E-state index in [1.165, 1.54) is 48.3 Å². The highest BCUT2D eigenvalue weighted by Crippen LogP contribution is 2.30. The number of benzene rings is 1. The Labute approximate surface area is 163 Å². The maximum atomic E-state index is 12.1. The molecule has 0 fully saturated rings. The van der Waals surface area contributed by atoms with Gasteiger partial charge < -0.3 is 4.57 Å². The SMILES string of the molecule is Cn1cc(/C=C/C(=O)Nc2nc(-c3ccccc3Cl)cs2)c(=O)n(C)c1=O. The normalized spacial score (nSPS) is 11.1. The first-order valence-corrected chi connectivity index (χ1v) is 9.08. The molecule has 0 aliphatic rings. The summed E-state index contributed by atoms with van der Waals surface area (Å²) < 4.78 is 2.25. The molecule has 0 bridgehead atoms. The maximum absolute atomic E-state index is 12.1. The van der Waals surface area contributed by atoms with E-state index in [0.717, 1.165) is 10.1 Å². The fraction of sp³-hybridized carbons (Fsp3) is 0.111. The third kappa shape index (κ3) is 4.07. The summed E-state index contributed by atoms with van der Waals surface area (Å²) in [4.78, 5) is 40.2. The third-order valence-corrected chi connectivity index (χ3v) is 4.86. The van der Waals surface area contributed by atoms with Gasteiger partial charge in [-0.3, -0.25) is 19.5 Å². The Morgan fingerprint density at radius 3 is 2.74 bits per heavy atom. The van der Waals surface area contributed by atoms with Crippen LogP contribution in [0.2, 0.25) is 5.02 Å². The van der Waals surface area contributed by atoms with E-state index in [1.54, 1.807) is 11.4 Å². The van der Waals surface area contributed by atoms with Gasteiger partial charge in [-0.05, 0) is 12.1 Å². The van der Waals surface area contributed by atoms with Crippen LogP contribution >= 0.6 is 22.9 Å². The highest BCUT2D eigenvalue weighted by atomic mass is 35.5. The quantitative estimate of drug-likeness (QED) is 0.679. The molecule has 1 N–H and O–H groups in total.